The highest BCUT2D eigenvalue weighted by molar-refractivity contribution is 6.32. The van der Waals surface area contributed by atoms with Gasteiger partial charge < -0.3 is 9.84 Å². The molecule has 1 aromatic heterocycles. The Morgan fingerprint density at radius 3 is 2.69 bits per heavy atom. The van der Waals surface area contributed by atoms with Gasteiger partial charge in [-0.3, -0.25) is 4.79 Å². The highest BCUT2D eigenvalue weighted by atomic mass is 35.5. The fourth-order valence-electron chi connectivity index (χ4n) is 3.94. The van der Waals surface area contributed by atoms with Crippen LogP contribution in [0.4, 0.5) is 4.39 Å². The molecule has 1 N–H and O–H groups in total. The number of hydrogen-bond acceptors (Lipinski definition) is 3. The van der Waals surface area contributed by atoms with E-state index in [9.17, 15) is 14.3 Å². The summed E-state index contributed by atoms with van der Waals surface area (Å²) in [6.45, 7) is 1.97. The molecule has 1 atom stereocenters. The van der Waals surface area contributed by atoms with Crippen molar-refractivity contribution in [3.63, 3.8) is 0 Å². The molecule has 0 spiro atoms. The average molecular weight is 378 g/mol. The van der Waals surface area contributed by atoms with Gasteiger partial charge in [-0.15, -0.1) is 0 Å². The van der Waals surface area contributed by atoms with Crippen LogP contribution in [0.2, 0.25) is 5.02 Å². The standard InChI is InChI=1S/C20H21ClFNO3/c1-11-6-7-12-8-14(11)20(25)23(19(12)24)17-10-18(15(21)9-16(17)22)26-13-4-2-3-5-13/h8-11,13,24H,2-7H2,1H3. The smallest absolute Gasteiger partial charge is 0.261 e. The molecule has 2 aromatic rings. The number of nitrogens with zero attached hydrogens (tertiary/aromatic N) is 1. The number of aromatic nitrogens is 1. The number of pyridine rings is 1. The van der Waals surface area contributed by atoms with Gasteiger partial charge in [-0.25, -0.2) is 8.96 Å². The lowest BCUT2D eigenvalue weighted by Gasteiger charge is -2.23. The molecule has 1 unspecified atom stereocenters. The second kappa shape index (κ2) is 6.62. The van der Waals surface area contributed by atoms with Crippen LogP contribution in [0.15, 0.2) is 23.0 Å². The van der Waals surface area contributed by atoms with Crippen LogP contribution in [0, 0.1) is 5.82 Å². The Bertz CT molecular complexity index is 918. The first-order valence-corrected chi connectivity index (χ1v) is 9.47. The minimum absolute atomic E-state index is 0.0258. The Morgan fingerprint density at radius 1 is 1.23 bits per heavy atom. The predicted molar refractivity (Wildman–Crippen MR) is 98.3 cm³/mol. The Labute approximate surface area is 156 Å². The summed E-state index contributed by atoms with van der Waals surface area (Å²) >= 11 is 6.16. The van der Waals surface area contributed by atoms with E-state index in [-0.39, 0.29) is 28.6 Å². The molecule has 4 nitrogen and oxygen atoms in total. The number of ether oxygens (including phenoxy) is 1. The van der Waals surface area contributed by atoms with Gasteiger partial charge in [0.1, 0.15) is 11.6 Å². The quantitative estimate of drug-likeness (QED) is 0.843. The Balaban J connectivity index is 1.85. The highest BCUT2D eigenvalue weighted by Crippen LogP contribution is 2.36. The van der Waals surface area contributed by atoms with Gasteiger partial charge in [-0.1, -0.05) is 18.5 Å². The fraction of sp³-hybridized carbons (Fsp3) is 0.450. The molecule has 1 saturated carbocycles. The number of benzene rings is 1. The molecule has 138 valence electrons. The van der Waals surface area contributed by atoms with Gasteiger partial charge in [0.2, 0.25) is 5.88 Å². The normalized spacial score (nSPS) is 19.7. The first kappa shape index (κ1) is 17.4. The third-order valence-corrected chi connectivity index (χ3v) is 5.79. The maximum absolute atomic E-state index is 14.7. The minimum Gasteiger partial charge on any atom is -0.494 e. The van der Waals surface area contributed by atoms with E-state index in [0.717, 1.165) is 42.7 Å². The largest absolute Gasteiger partial charge is 0.494 e. The summed E-state index contributed by atoms with van der Waals surface area (Å²) in [4.78, 5) is 12.9. The highest BCUT2D eigenvalue weighted by Gasteiger charge is 2.26. The lowest BCUT2D eigenvalue weighted by molar-refractivity contribution is 0.210. The first-order chi connectivity index (χ1) is 12.5. The van der Waals surface area contributed by atoms with E-state index in [1.54, 1.807) is 6.07 Å². The van der Waals surface area contributed by atoms with Gasteiger partial charge >= 0.3 is 0 Å². The molecule has 0 amide bonds. The summed E-state index contributed by atoms with van der Waals surface area (Å²) < 4.78 is 21.6. The van der Waals surface area contributed by atoms with Crippen LogP contribution in [0.5, 0.6) is 11.6 Å². The van der Waals surface area contributed by atoms with Crippen molar-refractivity contribution in [2.45, 2.75) is 57.5 Å². The molecule has 4 rings (SSSR count). The van der Waals surface area contributed by atoms with Gasteiger partial charge in [0.15, 0.2) is 0 Å². The summed E-state index contributed by atoms with van der Waals surface area (Å²) in [6.07, 6.45) is 5.57. The zero-order valence-electron chi connectivity index (χ0n) is 14.6. The van der Waals surface area contributed by atoms with Crippen molar-refractivity contribution in [3.8, 4) is 17.3 Å². The topological polar surface area (TPSA) is 51.5 Å². The molecule has 0 radical (unpaired) electrons. The zero-order valence-corrected chi connectivity index (χ0v) is 15.4. The molecule has 0 saturated heterocycles. The van der Waals surface area contributed by atoms with Gasteiger partial charge in [-0.05, 0) is 56.6 Å². The molecule has 1 aromatic carbocycles. The number of halogens is 2. The molecule has 26 heavy (non-hydrogen) atoms. The molecule has 2 aliphatic carbocycles. The van der Waals surface area contributed by atoms with Crippen molar-refractivity contribution in [2.75, 3.05) is 0 Å². The third kappa shape index (κ3) is 2.88. The Kier molecular flexibility index (Phi) is 4.43. The predicted octanol–water partition coefficient (Wildman–Crippen LogP) is 4.71. The van der Waals surface area contributed by atoms with Crippen molar-refractivity contribution in [2.24, 2.45) is 0 Å². The molecule has 2 aliphatic rings. The second-order valence-corrected chi connectivity index (χ2v) is 7.69. The third-order valence-electron chi connectivity index (χ3n) is 5.49. The number of aromatic hydroxyl groups is 1. The zero-order chi connectivity index (χ0) is 18.4. The van der Waals surface area contributed by atoms with E-state index in [2.05, 4.69) is 0 Å². The number of fused-ring (bicyclic) bond motifs is 2. The van der Waals surface area contributed by atoms with E-state index in [4.69, 9.17) is 16.3 Å². The second-order valence-electron chi connectivity index (χ2n) is 7.29. The molecular weight excluding hydrogens is 357 g/mol. The summed E-state index contributed by atoms with van der Waals surface area (Å²) in [7, 11) is 0. The molecule has 1 heterocycles. The fourth-order valence-corrected chi connectivity index (χ4v) is 4.13. The monoisotopic (exact) mass is 377 g/mol. The maximum atomic E-state index is 14.7. The minimum atomic E-state index is -0.664. The lowest BCUT2D eigenvalue weighted by atomic mass is 9.88. The van der Waals surface area contributed by atoms with Crippen LogP contribution in [-0.4, -0.2) is 15.8 Å². The van der Waals surface area contributed by atoms with Crippen LogP contribution in [0.3, 0.4) is 0 Å². The molecular formula is C20H21ClFNO3. The molecule has 0 aliphatic heterocycles. The summed E-state index contributed by atoms with van der Waals surface area (Å²) in [5.41, 5.74) is 0.829. The van der Waals surface area contributed by atoms with Gasteiger partial charge in [0, 0.05) is 17.2 Å². The van der Waals surface area contributed by atoms with E-state index in [1.165, 1.54) is 6.07 Å². The van der Waals surface area contributed by atoms with Crippen LogP contribution >= 0.6 is 11.6 Å². The number of hydrogen-bond donors (Lipinski definition) is 1. The lowest BCUT2D eigenvalue weighted by Crippen LogP contribution is -2.28. The van der Waals surface area contributed by atoms with Crippen LogP contribution in [0.25, 0.3) is 5.69 Å². The van der Waals surface area contributed by atoms with E-state index in [1.807, 2.05) is 6.92 Å². The average Bonchev–Trinajstić information content (AvgIpc) is 3.11. The number of rotatable bonds is 3. The van der Waals surface area contributed by atoms with Crippen LogP contribution < -0.4 is 10.3 Å². The van der Waals surface area contributed by atoms with Crippen molar-refractivity contribution < 1.29 is 14.2 Å². The van der Waals surface area contributed by atoms with Crippen LogP contribution in [0.1, 0.15) is 56.1 Å². The van der Waals surface area contributed by atoms with Crippen molar-refractivity contribution in [3.05, 3.63) is 50.5 Å². The van der Waals surface area contributed by atoms with E-state index < -0.39 is 11.4 Å². The SMILES string of the molecule is CC1CCc2cc1c(=O)n(-c1cc(OC3CCCC3)c(Cl)cc1F)c2O. The van der Waals surface area contributed by atoms with E-state index in [0.29, 0.717) is 23.3 Å². The van der Waals surface area contributed by atoms with Gasteiger partial charge in [0.25, 0.3) is 5.56 Å². The van der Waals surface area contributed by atoms with Crippen molar-refractivity contribution in [1.29, 1.82) is 0 Å². The van der Waals surface area contributed by atoms with Crippen molar-refractivity contribution >= 4 is 11.6 Å². The van der Waals surface area contributed by atoms with E-state index >= 15 is 0 Å². The van der Waals surface area contributed by atoms with Crippen LogP contribution in [-0.2, 0) is 6.42 Å². The summed E-state index contributed by atoms with van der Waals surface area (Å²) in [6, 6.07) is 4.30. The van der Waals surface area contributed by atoms with Crippen molar-refractivity contribution in [1.82, 2.24) is 4.57 Å². The Hall–Kier alpha value is -2.01. The first-order valence-electron chi connectivity index (χ1n) is 9.09. The Morgan fingerprint density at radius 2 is 1.96 bits per heavy atom. The molecule has 2 bridgehead atoms. The summed E-state index contributed by atoms with van der Waals surface area (Å²) in [5.74, 6) is -0.453. The summed E-state index contributed by atoms with van der Waals surface area (Å²) in [5, 5.41) is 10.7. The maximum Gasteiger partial charge on any atom is 0.261 e. The number of aryl methyl sites for hydroxylation is 1. The molecule has 6 heteroatoms. The van der Waals surface area contributed by atoms with Gasteiger partial charge in [-0.2, -0.15) is 0 Å². The van der Waals surface area contributed by atoms with Gasteiger partial charge in [0.05, 0.1) is 16.8 Å². The molecule has 1 fully saturated rings.